The Morgan fingerprint density at radius 1 is 1.19 bits per heavy atom. The van der Waals surface area contributed by atoms with Crippen molar-refractivity contribution in [2.45, 2.75) is 37.8 Å². The maximum Gasteiger partial charge on any atom is 0.223 e. The molecule has 2 aliphatic rings. The molecule has 1 unspecified atom stereocenters. The van der Waals surface area contributed by atoms with Crippen LogP contribution in [0.2, 0.25) is 0 Å². The fourth-order valence-electron chi connectivity index (χ4n) is 3.20. The van der Waals surface area contributed by atoms with E-state index in [4.69, 9.17) is 11.6 Å². The van der Waals surface area contributed by atoms with E-state index in [2.05, 4.69) is 34.1 Å². The van der Waals surface area contributed by atoms with Crippen molar-refractivity contribution < 1.29 is 4.79 Å². The van der Waals surface area contributed by atoms with Crippen LogP contribution in [0.4, 0.5) is 0 Å². The topological polar surface area (TPSA) is 23.6 Å². The third-order valence-corrected chi connectivity index (χ3v) is 4.77. The molecule has 1 amide bonds. The molecular weight excluding hydrogens is 284 g/mol. The van der Waals surface area contributed by atoms with Crippen LogP contribution in [0.1, 0.15) is 37.3 Å². The lowest BCUT2D eigenvalue weighted by Gasteiger charge is -2.42. The maximum atomic E-state index is 12.5. The highest BCUT2D eigenvalue weighted by atomic mass is 35.5. The molecule has 1 aliphatic heterocycles. The van der Waals surface area contributed by atoms with Crippen molar-refractivity contribution in [1.29, 1.82) is 0 Å². The van der Waals surface area contributed by atoms with E-state index in [0.717, 1.165) is 32.1 Å². The van der Waals surface area contributed by atoms with Crippen LogP contribution in [0.25, 0.3) is 0 Å². The van der Waals surface area contributed by atoms with E-state index in [1.165, 1.54) is 18.4 Å². The Hall–Kier alpha value is -1.06. The van der Waals surface area contributed by atoms with Gasteiger partial charge in [-0.05, 0) is 24.8 Å². The van der Waals surface area contributed by atoms with Gasteiger partial charge in [0.2, 0.25) is 5.91 Å². The number of amides is 1. The molecule has 1 aromatic rings. The number of carbonyl (C=O) groups excluding carboxylic acids is 1. The lowest BCUT2D eigenvalue weighted by molar-refractivity contribution is -0.136. The quantitative estimate of drug-likeness (QED) is 0.781. The average molecular weight is 307 g/mol. The summed E-state index contributed by atoms with van der Waals surface area (Å²) in [5.74, 6) is 0.809. The third kappa shape index (κ3) is 3.58. The zero-order valence-corrected chi connectivity index (χ0v) is 13.1. The second-order valence-electron chi connectivity index (χ2n) is 6.03. The molecule has 1 atom stereocenters. The Morgan fingerprint density at radius 2 is 1.95 bits per heavy atom. The lowest BCUT2D eigenvalue weighted by Crippen LogP contribution is -2.51. The van der Waals surface area contributed by atoms with E-state index in [1.807, 2.05) is 6.07 Å². The molecule has 0 bridgehead atoms. The van der Waals surface area contributed by atoms with Crippen LogP contribution in [-0.2, 0) is 4.79 Å². The summed E-state index contributed by atoms with van der Waals surface area (Å²) < 4.78 is 0. The van der Waals surface area contributed by atoms with Crippen molar-refractivity contribution in [3.8, 4) is 0 Å². The molecule has 3 nitrogen and oxygen atoms in total. The highest BCUT2D eigenvalue weighted by molar-refractivity contribution is 6.17. The Kier molecular flexibility index (Phi) is 4.81. The van der Waals surface area contributed by atoms with Gasteiger partial charge in [-0.2, -0.15) is 0 Å². The number of alkyl halides is 1. The molecule has 1 aliphatic carbocycles. The number of hydrogen-bond acceptors (Lipinski definition) is 2. The largest absolute Gasteiger partial charge is 0.333 e. The van der Waals surface area contributed by atoms with Gasteiger partial charge in [-0.1, -0.05) is 30.3 Å². The first-order chi connectivity index (χ1) is 10.3. The molecule has 1 saturated carbocycles. The van der Waals surface area contributed by atoms with Gasteiger partial charge >= 0.3 is 0 Å². The van der Waals surface area contributed by atoms with Gasteiger partial charge in [0.1, 0.15) is 0 Å². The van der Waals surface area contributed by atoms with Gasteiger partial charge in [-0.3, -0.25) is 9.69 Å². The molecule has 3 rings (SSSR count). The first kappa shape index (κ1) is 14.9. The molecule has 1 heterocycles. The van der Waals surface area contributed by atoms with Crippen molar-refractivity contribution in [2.75, 3.05) is 25.5 Å². The van der Waals surface area contributed by atoms with Gasteiger partial charge in [0, 0.05) is 38.0 Å². The summed E-state index contributed by atoms with van der Waals surface area (Å²) in [7, 11) is 0. The van der Waals surface area contributed by atoms with Crippen LogP contribution >= 0.6 is 11.6 Å². The van der Waals surface area contributed by atoms with Gasteiger partial charge in [0.25, 0.3) is 0 Å². The fraction of sp³-hybridized carbons (Fsp3) is 0.588. The summed E-state index contributed by atoms with van der Waals surface area (Å²) in [6, 6.07) is 11.4. The lowest BCUT2D eigenvalue weighted by atomic mass is 10.0. The van der Waals surface area contributed by atoms with E-state index in [1.54, 1.807) is 0 Å². The van der Waals surface area contributed by atoms with Crippen LogP contribution in [0.5, 0.6) is 0 Å². The minimum Gasteiger partial charge on any atom is -0.333 e. The average Bonchev–Trinajstić information content (AvgIpc) is 3.38. The molecule has 1 aromatic carbocycles. The Morgan fingerprint density at radius 3 is 2.62 bits per heavy atom. The van der Waals surface area contributed by atoms with Crippen LogP contribution in [-0.4, -0.2) is 47.3 Å². The number of piperazine rings is 1. The molecule has 114 valence electrons. The Balaban J connectivity index is 1.75. The monoisotopic (exact) mass is 306 g/mol. The second-order valence-corrected chi connectivity index (χ2v) is 6.41. The fourth-order valence-corrected chi connectivity index (χ4v) is 3.33. The number of benzene rings is 1. The minimum absolute atomic E-state index is 0.198. The summed E-state index contributed by atoms with van der Waals surface area (Å²) >= 11 is 5.73. The molecule has 0 spiro atoms. The normalized spacial score (nSPS) is 23.3. The molecular formula is C17H23ClN2O. The number of nitrogens with zero attached hydrogens (tertiary/aromatic N) is 2. The van der Waals surface area contributed by atoms with E-state index in [-0.39, 0.29) is 11.9 Å². The molecule has 0 radical (unpaired) electrons. The second kappa shape index (κ2) is 6.80. The number of halogens is 1. The predicted molar refractivity (Wildman–Crippen MR) is 85.4 cm³/mol. The number of carbonyl (C=O) groups is 1. The maximum absolute atomic E-state index is 12.5. The molecule has 1 saturated heterocycles. The zero-order valence-electron chi connectivity index (χ0n) is 12.4. The number of rotatable bonds is 5. The van der Waals surface area contributed by atoms with Crippen LogP contribution in [0, 0.1) is 0 Å². The summed E-state index contributed by atoms with van der Waals surface area (Å²) in [6.45, 7) is 2.83. The molecule has 2 fully saturated rings. The van der Waals surface area contributed by atoms with E-state index in [0.29, 0.717) is 12.3 Å². The van der Waals surface area contributed by atoms with Gasteiger partial charge < -0.3 is 4.90 Å². The summed E-state index contributed by atoms with van der Waals surface area (Å²) in [4.78, 5) is 17.1. The predicted octanol–water partition coefficient (Wildman–Crippen LogP) is 3.05. The van der Waals surface area contributed by atoms with Crippen molar-refractivity contribution in [3.63, 3.8) is 0 Å². The van der Waals surface area contributed by atoms with Gasteiger partial charge in [-0.15, -0.1) is 11.6 Å². The van der Waals surface area contributed by atoms with Crippen molar-refractivity contribution in [2.24, 2.45) is 0 Å². The van der Waals surface area contributed by atoms with Crippen molar-refractivity contribution >= 4 is 17.5 Å². The smallest absolute Gasteiger partial charge is 0.223 e. The Labute approximate surface area is 131 Å². The minimum atomic E-state index is 0.198. The summed E-state index contributed by atoms with van der Waals surface area (Å²) in [6.07, 6.45) is 3.98. The van der Waals surface area contributed by atoms with Crippen LogP contribution in [0.15, 0.2) is 30.3 Å². The standard InChI is InChI=1S/C17H23ClN2O/c18-10-4-7-17(21)20-12-11-19(15-8-9-15)13-16(20)14-5-2-1-3-6-14/h1-3,5-6,15-16H,4,7-13H2. The molecule has 21 heavy (non-hydrogen) atoms. The van der Waals surface area contributed by atoms with Crippen LogP contribution < -0.4 is 0 Å². The van der Waals surface area contributed by atoms with Gasteiger partial charge in [-0.25, -0.2) is 0 Å². The first-order valence-corrected chi connectivity index (χ1v) is 8.47. The third-order valence-electron chi connectivity index (χ3n) is 4.50. The van der Waals surface area contributed by atoms with Crippen molar-refractivity contribution in [1.82, 2.24) is 9.80 Å². The molecule has 4 heteroatoms. The van der Waals surface area contributed by atoms with Crippen LogP contribution in [0.3, 0.4) is 0 Å². The van der Waals surface area contributed by atoms with E-state index < -0.39 is 0 Å². The van der Waals surface area contributed by atoms with Gasteiger partial charge in [0.15, 0.2) is 0 Å². The van der Waals surface area contributed by atoms with Gasteiger partial charge in [0.05, 0.1) is 6.04 Å². The first-order valence-electron chi connectivity index (χ1n) is 7.94. The summed E-state index contributed by atoms with van der Waals surface area (Å²) in [5.41, 5.74) is 1.25. The highest BCUT2D eigenvalue weighted by Crippen LogP contribution is 2.33. The van der Waals surface area contributed by atoms with E-state index >= 15 is 0 Å². The Bertz CT molecular complexity index is 475. The number of hydrogen-bond donors (Lipinski definition) is 0. The SMILES string of the molecule is O=C(CCCCl)N1CCN(C2CC2)CC1c1ccccc1. The van der Waals surface area contributed by atoms with E-state index in [9.17, 15) is 4.79 Å². The highest BCUT2D eigenvalue weighted by Gasteiger charge is 2.37. The molecule has 0 N–H and O–H groups in total. The summed E-state index contributed by atoms with van der Waals surface area (Å²) in [5, 5.41) is 0. The molecule has 0 aromatic heterocycles. The zero-order chi connectivity index (χ0) is 14.7. The van der Waals surface area contributed by atoms with Crippen molar-refractivity contribution in [3.05, 3.63) is 35.9 Å².